The number of likely N-dealkylation sites (N-methyl/N-ethyl adjacent to an activating group) is 1. The molecule has 0 spiro atoms. The van der Waals surface area contributed by atoms with E-state index in [2.05, 4.69) is 9.84 Å². The number of anilines is 2. The van der Waals surface area contributed by atoms with Crippen molar-refractivity contribution in [3.8, 4) is 0 Å². The summed E-state index contributed by atoms with van der Waals surface area (Å²) in [7, 11) is 0. The van der Waals surface area contributed by atoms with Gasteiger partial charge in [0.15, 0.2) is 0 Å². The lowest BCUT2D eigenvalue weighted by Gasteiger charge is -2.27. The number of carbonyl (C=O) groups excluding carboxylic acids is 2. The summed E-state index contributed by atoms with van der Waals surface area (Å²) >= 11 is 0. The number of aromatic carboxylic acids is 1. The minimum absolute atomic E-state index is 0.00378. The second-order valence-corrected chi connectivity index (χ2v) is 7.16. The third-order valence-electron chi connectivity index (χ3n) is 5.21. The number of amides is 2. The average Bonchev–Trinajstić information content (AvgIpc) is 2.81. The van der Waals surface area contributed by atoms with Crippen molar-refractivity contribution in [2.45, 2.75) is 13.8 Å². The van der Waals surface area contributed by atoms with Gasteiger partial charge in [0.25, 0.3) is 17.5 Å². The van der Waals surface area contributed by atoms with Crippen LogP contribution in [0.4, 0.5) is 17.1 Å². The Morgan fingerprint density at radius 2 is 1.73 bits per heavy atom. The Bertz CT molecular complexity index is 1190. The fourth-order valence-electron chi connectivity index (χ4n) is 3.45. The monoisotopic (exact) mass is 446 g/mol. The van der Waals surface area contributed by atoms with Crippen LogP contribution >= 0.6 is 0 Å². The largest absolute Gasteiger partial charge is 0.478 e. The number of carboxylic acids is 1. The van der Waals surface area contributed by atoms with E-state index in [1.807, 2.05) is 24.0 Å². The molecule has 1 heterocycles. The number of hydrogen-bond donors (Lipinski definition) is 2. The molecule has 168 valence electrons. The van der Waals surface area contributed by atoms with Crippen molar-refractivity contribution >= 4 is 40.6 Å². The number of benzene rings is 2. The summed E-state index contributed by atoms with van der Waals surface area (Å²) < 4.78 is 0. The number of aliphatic hydroxyl groups excluding tert-OH is 1. The normalized spacial score (nSPS) is 15.1. The van der Waals surface area contributed by atoms with Crippen molar-refractivity contribution < 1.29 is 24.6 Å². The van der Waals surface area contributed by atoms with Gasteiger partial charge in [0.1, 0.15) is 5.71 Å². The van der Waals surface area contributed by atoms with Gasteiger partial charge in [0, 0.05) is 18.8 Å². The summed E-state index contributed by atoms with van der Waals surface area (Å²) in [4.78, 5) is 47.7. The third kappa shape index (κ3) is 4.66. The molecule has 33 heavy (non-hydrogen) atoms. The Hall–Kier alpha value is -4.29. The van der Waals surface area contributed by atoms with Crippen LogP contribution in [0.5, 0.6) is 0 Å². The number of rotatable bonds is 7. The fraction of sp³-hybridized carbons (Fsp3) is 0.208. The molecule has 0 saturated carbocycles. The van der Waals surface area contributed by atoms with Crippen molar-refractivity contribution in [2.75, 3.05) is 29.5 Å². The van der Waals surface area contributed by atoms with Crippen LogP contribution in [0, 0.1) is 6.57 Å². The summed E-state index contributed by atoms with van der Waals surface area (Å²) in [6, 6.07) is 12.3. The molecule has 2 amide bonds. The zero-order valence-electron chi connectivity index (χ0n) is 18.1. The van der Waals surface area contributed by atoms with Crippen LogP contribution in [0.15, 0.2) is 64.8 Å². The van der Waals surface area contributed by atoms with Gasteiger partial charge in [-0.25, -0.2) is 14.6 Å². The maximum Gasteiger partial charge on any atom is 0.335 e. The molecule has 0 aliphatic carbocycles. The van der Waals surface area contributed by atoms with Gasteiger partial charge < -0.3 is 15.1 Å². The Morgan fingerprint density at radius 3 is 2.24 bits per heavy atom. The highest BCUT2D eigenvalue weighted by Crippen LogP contribution is 2.28. The van der Waals surface area contributed by atoms with E-state index >= 15 is 0 Å². The fourth-order valence-corrected chi connectivity index (χ4v) is 3.45. The van der Waals surface area contributed by atoms with Gasteiger partial charge in [-0.2, -0.15) is 0 Å². The van der Waals surface area contributed by atoms with Crippen molar-refractivity contribution in [2.24, 2.45) is 4.99 Å². The van der Waals surface area contributed by atoms with Crippen molar-refractivity contribution in [1.82, 2.24) is 0 Å². The van der Waals surface area contributed by atoms with Gasteiger partial charge in [-0.15, -0.1) is 0 Å². The summed E-state index contributed by atoms with van der Waals surface area (Å²) in [5, 5.41) is 18.3. The van der Waals surface area contributed by atoms with Crippen LogP contribution in [0.2, 0.25) is 0 Å². The van der Waals surface area contributed by atoms with Gasteiger partial charge >= 0.3 is 5.97 Å². The molecule has 9 nitrogen and oxygen atoms in total. The number of carbonyl (C=O) groups is 3. The van der Waals surface area contributed by atoms with E-state index in [4.69, 9.17) is 11.7 Å². The molecule has 0 bridgehead atoms. The lowest BCUT2D eigenvalue weighted by molar-refractivity contribution is -0.121. The topological polar surface area (TPSA) is 115 Å². The Balaban J connectivity index is 2.02. The predicted molar refractivity (Wildman–Crippen MR) is 124 cm³/mol. The van der Waals surface area contributed by atoms with E-state index in [1.54, 1.807) is 12.1 Å². The molecule has 2 aromatic carbocycles. The molecule has 2 N–H and O–H groups in total. The quantitative estimate of drug-likeness (QED) is 0.499. The van der Waals surface area contributed by atoms with Crippen LogP contribution in [0.25, 0.3) is 4.85 Å². The highest BCUT2D eigenvalue weighted by atomic mass is 16.4. The molecular formula is C24H22N4O5. The van der Waals surface area contributed by atoms with E-state index < -0.39 is 17.8 Å². The first-order valence-electron chi connectivity index (χ1n) is 10.2. The van der Waals surface area contributed by atoms with E-state index in [0.29, 0.717) is 18.8 Å². The molecular weight excluding hydrogens is 424 g/mol. The van der Waals surface area contributed by atoms with Crippen molar-refractivity contribution in [3.63, 3.8) is 0 Å². The molecule has 3 rings (SSSR count). The molecule has 0 saturated heterocycles. The molecule has 1 aliphatic heterocycles. The second-order valence-electron chi connectivity index (χ2n) is 7.16. The minimum atomic E-state index is -1.14. The molecule has 0 aromatic heterocycles. The van der Waals surface area contributed by atoms with Crippen LogP contribution < -0.4 is 9.80 Å². The number of aliphatic imine (C=N–C) groups is 1. The summed E-state index contributed by atoms with van der Waals surface area (Å²) in [6.07, 6.45) is 0. The first kappa shape index (κ1) is 23.4. The van der Waals surface area contributed by atoms with E-state index in [0.717, 1.165) is 10.6 Å². The molecule has 0 fully saturated rings. The molecule has 0 unspecified atom stereocenters. The van der Waals surface area contributed by atoms with Gasteiger partial charge in [-0.3, -0.25) is 14.5 Å². The first-order valence-corrected chi connectivity index (χ1v) is 10.2. The average molecular weight is 446 g/mol. The summed E-state index contributed by atoms with van der Waals surface area (Å²) in [5.74, 6) is -2.62. The number of aliphatic hydroxyl groups is 1. The van der Waals surface area contributed by atoms with E-state index in [1.165, 1.54) is 31.2 Å². The molecule has 9 heteroatoms. The highest BCUT2D eigenvalue weighted by Gasteiger charge is 2.38. The zero-order chi connectivity index (χ0) is 24.1. The number of carboxylic acid groups (broad SMARTS) is 1. The van der Waals surface area contributed by atoms with Gasteiger partial charge in [-0.05, 0) is 68.0 Å². The Kier molecular flexibility index (Phi) is 7.00. The third-order valence-corrected chi connectivity index (χ3v) is 5.21. The lowest BCUT2D eigenvalue weighted by Crippen LogP contribution is -2.46. The molecule has 1 aliphatic rings. The first-order chi connectivity index (χ1) is 15.8. The number of hydrogen-bond acceptors (Lipinski definition) is 6. The van der Waals surface area contributed by atoms with Crippen LogP contribution in [0.3, 0.4) is 0 Å². The van der Waals surface area contributed by atoms with Gasteiger partial charge in [0.05, 0.1) is 30.1 Å². The molecule has 0 atom stereocenters. The molecule has 0 radical (unpaired) electrons. The van der Waals surface area contributed by atoms with Gasteiger partial charge in [-0.1, -0.05) is 0 Å². The lowest BCUT2D eigenvalue weighted by atomic mass is 10.0. The zero-order valence-corrected chi connectivity index (χ0v) is 18.1. The predicted octanol–water partition coefficient (Wildman–Crippen LogP) is 3.04. The number of nitrogens with zero attached hydrogens (tertiary/aromatic N) is 4. The maximum absolute atomic E-state index is 13.2. The highest BCUT2D eigenvalue weighted by molar-refractivity contribution is 6.57. The Morgan fingerprint density at radius 1 is 1.09 bits per heavy atom. The summed E-state index contributed by atoms with van der Waals surface area (Å²) in [6.45, 7) is 12.1. The summed E-state index contributed by atoms with van der Waals surface area (Å²) in [5.41, 5.74) is 1.40. The van der Waals surface area contributed by atoms with E-state index in [9.17, 15) is 19.5 Å². The maximum atomic E-state index is 13.2. The standard InChI is InChI=1S/C24H22N4O5/c1-4-27(13-14-29)18-11-7-17(8-12-18)26-21-15(2)20(25-3)22(30)28(23(21)31)19-9-5-16(6-10-19)24(32)33/h5-12,29H,4,13-14H2,1-2H3,(H,32,33). The van der Waals surface area contributed by atoms with Crippen molar-refractivity contribution in [1.29, 1.82) is 0 Å². The van der Waals surface area contributed by atoms with Crippen molar-refractivity contribution in [3.05, 3.63) is 76.8 Å². The van der Waals surface area contributed by atoms with E-state index in [-0.39, 0.29) is 34.8 Å². The van der Waals surface area contributed by atoms with Crippen LogP contribution in [-0.2, 0) is 9.59 Å². The number of imide groups is 1. The second kappa shape index (κ2) is 9.89. The minimum Gasteiger partial charge on any atom is -0.478 e. The van der Waals surface area contributed by atoms with Gasteiger partial charge in [0.2, 0.25) is 0 Å². The smallest absolute Gasteiger partial charge is 0.335 e. The Labute approximate surface area is 190 Å². The van der Waals surface area contributed by atoms with Crippen LogP contribution in [0.1, 0.15) is 24.2 Å². The SMILES string of the molecule is [C-]#[N+]C1=C(C)C(=Nc2ccc(N(CC)CCO)cc2)C(=O)N(c2ccc(C(=O)O)cc2)C1=O. The van der Waals surface area contributed by atoms with Crippen LogP contribution in [-0.4, -0.2) is 53.4 Å². The molecule has 2 aromatic rings.